The van der Waals surface area contributed by atoms with Crippen molar-refractivity contribution in [3.05, 3.63) is 0 Å². The monoisotopic (exact) mass is 271 g/mol. The fourth-order valence-electron chi connectivity index (χ4n) is 2.81. The molecule has 2 heterocycles. The maximum absolute atomic E-state index is 5.71. The summed E-state index contributed by atoms with van der Waals surface area (Å²) < 4.78 is 5.41. The molecular formula is C13H25N3OS. The van der Waals surface area contributed by atoms with Crippen LogP contribution in [0.3, 0.4) is 0 Å². The summed E-state index contributed by atoms with van der Waals surface area (Å²) in [6.45, 7) is 9.69. The maximum atomic E-state index is 5.71. The van der Waals surface area contributed by atoms with Crippen molar-refractivity contribution in [2.75, 3.05) is 45.9 Å². The third-order valence-electron chi connectivity index (χ3n) is 4.22. The van der Waals surface area contributed by atoms with Crippen LogP contribution in [0, 0.1) is 5.92 Å². The van der Waals surface area contributed by atoms with Gasteiger partial charge in [-0.15, -0.1) is 0 Å². The van der Waals surface area contributed by atoms with Crippen LogP contribution in [0.4, 0.5) is 0 Å². The molecule has 0 amide bonds. The van der Waals surface area contributed by atoms with Crippen LogP contribution in [0.1, 0.15) is 19.8 Å². The summed E-state index contributed by atoms with van der Waals surface area (Å²) in [5.74, 6) is 0.832. The minimum absolute atomic E-state index is 0.241. The van der Waals surface area contributed by atoms with Crippen molar-refractivity contribution in [3.63, 3.8) is 0 Å². The van der Waals surface area contributed by atoms with Crippen LogP contribution >= 0.6 is 12.2 Å². The van der Waals surface area contributed by atoms with E-state index < -0.39 is 0 Å². The van der Waals surface area contributed by atoms with E-state index in [4.69, 9.17) is 22.7 Å². The highest BCUT2D eigenvalue weighted by molar-refractivity contribution is 7.80. The highest BCUT2D eigenvalue weighted by Gasteiger charge is 2.24. The lowest BCUT2D eigenvalue weighted by atomic mass is 9.99. The summed E-state index contributed by atoms with van der Waals surface area (Å²) in [6, 6.07) is 0.241. The van der Waals surface area contributed by atoms with Crippen molar-refractivity contribution in [1.29, 1.82) is 0 Å². The average Bonchev–Trinajstić information content (AvgIpc) is 2.40. The standard InChI is InChI=1S/C13H25N3OS/c1-11(13(14)18)16-6-4-15(5-7-16)10-12-2-8-17-9-3-12/h11-12H,2-10H2,1H3,(H2,14,18). The Morgan fingerprint density at radius 1 is 1.28 bits per heavy atom. The summed E-state index contributed by atoms with van der Waals surface area (Å²) >= 11 is 5.07. The first-order chi connectivity index (χ1) is 8.66. The molecule has 2 N–H and O–H groups in total. The van der Waals surface area contributed by atoms with E-state index in [0.717, 1.165) is 45.3 Å². The van der Waals surface area contributed by atoms with Crippen molar-refractivity contribution >= 4 is 17.2 Å². The number of ether oxygens (including phenoxy) is 1. The minimum Gasteiger partial charge on any atom is -0.392 e. The summed E-state index contributed by atoms with van der Waals surface area (Å²) in [6.07, 6.45) is 2.45. The van der Waals surface area contributed by atoms with Gasteiger partial charge in [-0.05, 0) is 25.7 Å². The summed E-state index contributed by atoms with van der Waals surface area (Å²) in [7, 11) is 0. The fourth-order valence-corrected chi connectivity index (χ4v) is 2.96. The topological polar surface area (TPSA) is 41.7 Å². The number of hydrogen-bond donors (Lipinski definition) is 1. The van der Waals surface area contributed by atoms with Gasteiger partial charge in [-0.3, -0.25) is 4.90 Å². The largest absolute Gasteiger partial charge is 0.392 e. The molecule has 1 unspecified atom stereocenters. The maximum Gasteiger partial charge on any atom is 0.0899 e. The Hall–Kier alpha value is -0.230. The lowest BCUT2D eigenvalue weighted by Crippen LogP contribution is -2.53. The zero-order chi connectivity index (χ0) is 13.0. The summed E-state index contributed by atoms with van der Waals surface area (Å²) in [4.78, 5) is 5.59. The van der Waals surface area contributed by atoms with Crippen LogP contribution in [0.2, 0.25) is 0 Å². The number of thiocarbonyl (C=S) groups is 1. The molecule has 0 radical (unpaired) electrons. The predicted molar refractivity (Wildman–Crippen MR) is 77.8 cm³/mol. The molecule has 2 rings (SSSR count). The van der Waals surface area contributed by atoms with Gasteiger partial charge in [0.05, 0.1) is 11.0 Å². The molecule has 0 saturated carbocycles. The Bertz CT molecular complexity index is 273. The van der Waals surface area contributed by atoms with Gasteiger partial charge in [0.1, 0.15) is 0 Å². The smallest absolute Gasteiger partial charge is 0.0899 e. The van der Waals surface area contributed by atoms with Gasteiger partial charge < -0.3 is 15.4 Å². The third kappa shape index (κ3) is 3.88. The second-order valence-corrected chi connectivity index (χ2v) is 5.94. The summed E-state index contributed by atoms with van der Waals surface area (Å²) in [5, 5.41) is 0. The van der Waals surface area contributed by atoms with E-state index in [2.05, 4.69) is 16.7 Å². The molecule has 18 heavy (non-hydrogen) atoms. The van der Waals surface area contributed by atoms with Gasteiger partial charge in [-0.25, -0.2) is 0 Å². The molecule has 4 nitrogen and oxygen atoms in total. The molecule has 104 valence electrons. The molecule has 2 saturated heterocycles. The Kier molecular flexibility index (Phi) is 5.36. The quantitative estimate of drug-likeness (QED) is 0.763. The first kappa shape index (κ1) is 14.2. The predicted octanol–water partition coefficient (Wildman–Crippen LogP) is 0.705. The molecule has 1 atom stereocenters. The number of rotatable bonds is 4. The van der Waals surface area contributed by atoms with Crippen LogP contribution in [0.25, 0.3) is 0 Å². The lowest BCUT2D eigenvalue weighted by Gasteiger charge is -2.39. The molecule has 0 aromatic heterocycles. The van der Waals surface area contributed by atoms with Crippen LogP contribution < -0.4 is 5.73 Å². The van der Waals surface area contributed by atoms with Gasteiger partial charge in [0.25, 0.3) is 0 Å². The van der Waals surface area contributed by atoms with Gasteiger partial charge in [0.15, 0.2) is 0 Å². The van der Waals surface area contributed by atoms with Gasteiger partial charge in [-0.1, -0.05) is 12.2 Å². The molecule has 2 fully saturated rings. The van der Waals surface area contributed by atoms with Crippen molar-refractivity contribution in [2.24, 2.45) is 11.7 Å². The SMILES string of the molecule is CC(C(N)=S)N1CCN(CC2CCOCC2)CC1. The average molecular weight is 271 g/mol. The van der Waals surface area contributed by atoms with Gasteiger partial charge in [-0.2, -0.15) is 0 Å². The molecule has 0 spiro atoms. The van der Waals surface area contributed by atoms with E-state index in [-0.39, 0.29) is 6.04 Å². The molecule has 0 aromatic carbocycles. The highest BCUT2D eigenvalue weighted by atomic mass is 32.1. The number of hydrogen-bond acceptors (Lipinski definition) is 4. The third-order valence-corrected chi connectivity index (χ3v) is 4.56. The number of piperazine rings is 1. The number of nitrogens with zero attached hydrogens (tertiary/aromatic N) is 2. The van der Waals surface area contributed by atoms with Crippen LogP contribution in [-0.4, -0.2) is 66.8 Å². The molecule has 0 aromatic rings. The number of nitrogens with two attached hydrogens (primary N) is 1. The first-order valence-corrected chi connectivity index (χ1v) is 7.41. The van der Waals surface area contributed by atoms with E-state index in [9.17, 15) is 0 Å². The molecule has 0 bridgehead atoms. The Morgan fingerprint density at radius 2 is 1.89 bits per heavy atom. The Labute approximate surface area is 115 Å². The zero-order valence-electron chi connectivity index (χ0n) is 11.3. The van der Waals surface area contributed by atoms with Crippen molar-refractivity contribution in [3.8, 4) is 0 Å². The molecule has 2 aliphatic heterocycles. The van der Waals surface area contributed by atoms with E-state index >= 15 is 0 Å². The van der Waals surface area contributed by atoms with E-state index in [0.29, 0.717) is 4.99 Å². The van der Waals surface area contributed by atoms with Gasteiger partial charge in [0.2, 0.25) is 0 Å². The van der Waals surface area contributed by atoms with Crippen LogP contribution in [-0.2, 0) is 4.74 Å². The molecular weight excluding hydrogens is 246 g/mol. The van der Waals surface area contributed by atoms with Gasteiger partial charge >= 0.3 is 0 Å². The van der Waals surface area contributed by atoms with Crippen LogP contribution in [0.15, 0.2) is 0 Å². The van der Waals surface area contributed by atoms with E-state index in [1.54, 1.807) is 0 Å². The van der Waals surface area contributed by atoms with E-state index in [1.165, 1.54) is 19.4 Å². The second kappa shape index (κ2) is 6.80. The van der Waals surface area contributed by atoms with Crippen molar-refractivity contribution in [1.82, 2.24) is 9.80 Å². The zero-order valence-corrected chi connectivity index (χ0v) is 12.1. The second-order valence-electron chi connectivity index (χ2n) is 5.47. The van der Waals surface area contributed by atoms with Crippen molar-refractivity contribution < 1.29 is 4.74 Å². The molecule has 5 heteroatoms. The summed E-state index contributed by atoms with van der Waals surface area (Å²) in [5.41, 5.74) is 5.71. The highest BCUT2D eigenvalue weighted by Crippen LogP contribution is 2.17. The Morgan fingerprint density at radius 3 is 2.44 bits per heavy atom. The van der Waals surface area contributed by atoms with E-state index in [1.807, 2.05) is 0 Å². The van der Waals surface area contributed by atoms with Crippen LogP contribution in [0.5, 0.6) is 0 Å². The fraction of sp³-hybridized carbons (Fsp3) is 0.923. The molecule has 0 aliphatic carbocycles. The minimum atomic E-state index is 0.241. The van der Waals surface area contributed by atoms with Crippen molar-refractivity contribution in [2.45, 2.75) is 25.8 Å². The normalized spacial score (nSPS) is 26.1. The first-order valence-electron chi connectivity index (χ1n) is 7.00. The molecule has 2 aliphatic rings. The Balaban J connectivity index is 1.71. The van der Waals surface area contributed by atoms with Gasteiger partial charge in [0, 0.05) is 45.9 Å². The lowest BCUT2D eigenvalue weighted by molar-refractivity contribution is 0.0410.